The molecule has 21 heavy (non-hydrogen) atoms. The van der Waals surface area contributed by atoms with Crippen molar-refractivity contribution in [2.24, 2.45) is 0 Å². The third-order valence-electron chi connectivity index (χ3n) is 3.87. The molecule has 1 fully saturated rings. The first-order chi connectivity index (χ1) is 9.57. The van der Waals surface area contributed by atoms with Gasteiger partial charge >= 0.3 is 0 Å². The highest BCUT2D eigenvalue weighted by atomic mass is 35.5. The van der Waals surface area contributed by atoms with Crippen LogP contribution in [0.1, 0.15) is 18.4 Å². The number of benzene rings is 1. The normalized spacial score (nSPS) is 16.9. The lowest BCUT2D eigenvalue weighted by molar-refractivity contribution is -0.157. The fraction of sp³-hybridized carbons (Fsp3) is 0.533. The Hall–Kier alpha value is -0.810. The number of carbonyl (C=O) groups excluding carboxylic acids is 1. The third-order valence-corrected chi connectivity index (χ3v) is 4.12. The predicted molar refractivity (Wildman–Crippen MR) is 87.0 cm³/mol. The van der Waals surface area contributed by atoms with Gasteiger partial charge in [0.25, 0.3) is 5.91 Å². The van der Waals surface area contributed by atoms with Gasteiger partial charge in [-0.3, -0.25) is 4.79 Å². The molecule has 1 aliphatic rings. The number of methoxy groups -OCH3 is 1. The van der Waals surface area contributed by atoms with E-state index in [1.54, 1.807) is 12.0 Å². The van der Waals surface area contributed by atoms with E-state index in [2.05, 4.69) is 5.32 Å². The van der Waals surface area contributed by atoms with E-state index < -0.39 is 5.60 Å². The predicted octanol–water partition coefficient (Wildman–Crippen LogP) is 2.49. The molecule has 0 atom stereocenters. The summed E-state index contributed by atoms with van der Waals surface area (Å²) in [7, 11) is 3.44. The van der Waals surface area contributed by atoms with Crippen molar-refractivity contribution >= 4 is 29.9 Å². The molecule has 1 N–H and O–H groups in total. The second-order valence-corrected chi connectivity index (χ2v) is 5.67. The van der Waals surface area contributed by atoms with E-state index in [0.29, 0.717) is 24.4 Å². The first-order valence-electron chi connectivity index (χ1n) is 6.83. The van der Waals surface area contributed by atoms with Crippen molar-refractivity contribution < 1.29 is 9.53 Å². The second-order valence-electron chi connectivity index (χ2n) is 5.24. The maximum Gasteiger partial charge on any atom is 0.254 e. The number of nitrogens with one attached hydrogen (secondary N) is 1. The molecule has 0 spiro atoms. The number of carbonyl (C=O) groups is 1. The van der Waals surface area contributed by atoms with Crippen LogP contribution in [0.2, 0.25) is 5.02 Å². The van der Waals surface area contributed by atoms with Crippen LogP contribution >= 0.6 is 24.0 Å². The molecule has 118 valence electrons. The van der Waals surface area contributed by atoms with Gasteiger partial charge in [-0.05, 0) is 43.6 Å². The Balaban J connectivity index is 0.00000220. The molecule has 0 bridgehead atoms. The number of nitrogens with zero attached hydrogens (tertiary/aromatic N) is 1. The molecule has 0 saturated carbocycles. The molecule has 0 radical (unpaired) electrons. The van der Waals surface area contributed by atoms with Gasteiger partial charge in [-0.15, -0.1) is 12.4 Å². The van der Waals surface area contributed by atoms with Crippen molar-refractivity contribution in [3.63, 3.8) is 0 Å². The number of halogens is 2. The van der Waals surface area contributed by atoms with Gasteiger partial charge in [-0.25, -0.2) is 0 Å². The molecule has 1 heterocycles. The van der Waals surface area contributed by atoms with Gasteiger partial charge in [0.15, 0.2) is 0 Å². The van der Waals surface area contributed by atoms with Crippen LogP contribution < -0.4 is 5.32 Å². The van der Waals surface area contributed by atoms with E-state index in [4.69, 9.17) is 16.3 Å². The molecular weight excluding hydrogens is 311 g/mol. The summed E-state index contributed by atoms with van der Waals surface area (Å²) < 4.78 is 5.57. The Labute approximate surface area is 137 Å². The Kier molecular flexibility index (Phi) is 6.94. The molecule has 1 aromatic carbocycles. The molecule has 0 aliphatic carbocycles. The smallest absolute Gasteiger partial charge is 0.254 e. The Bertz CT molecular complexity index is 459. The van der Waals surface area contributed by atoms with Crippen molar-refractivity contribution in [3.05, 3.63) is 34.9 Å². The number of amides is 1. The van der Waals surface area contributed by atoms with Crippen molar-refractivity contribution in [2.75, 3.05) is 27.2 Å². The highest BCUT2D eigenvalue weighted by Gasteiger charge is 2.41. The van der Waals surface area contributed by atoms with Crippen LogP contribution in [-0.4, -0.2) is 43.7 Å². The second kappa shape index (κ2) is 7.99. The van der Waals surface area contributed by atoms with E-state index in [1.165, 1.54) is 0 Å². The Morgan fingerprint density at radius 3 is 2.43 bits per heavy atom. The first kappa shape index (κ1) is 18.2. The molecule has 1 aliphatic heterocycles. The molecular formula is C15H22Cl2N2O2. The zero-order valence-corrected chi connectivity index (χ0v) is 14.0. The monoisotopic (exact) mass is 332 g/mol. The van der Waals surface area contributed by atoms with Crippen LogP contribution in [0.15, 0.2) is 24.3 Å². The van der Waals surface area contributed by atoms with E-state index in [1.807, 2.05) is 31.3 Å². The zero-order valence-electron chi connectivity index (χ0n) is 12.4. The van der Waals surface area contributed by atoms with Crippen LogP contribution in [0.5, 0.6) is 0 Å². The van der Waals surface area contributed by atoms with Crippen molar-refractivity contribution in [2.45, 2.75) is 25.0 Å². The summed E-state index contributed by atoms with van der Waals surface area (Å²) in [5, 5.41) is 3.96. The molecule has 4 nitrogen and oxygen atoms in total. The first-order valence-corrected chi connectivity index (χ1v) is 7.21. The summed E-state index contributed by atoms with van der Waals surface area (Å²) in [5.41, 5.74) is 0.386. The zero-order chi connectivity index (χ0) is 14.6. The van der Waals surface area contributed by atoms with Crippen molar-refractivity contribution in [3.8, 4) is 0 Å². The highest BCUT2D eigenvalue weighted by Crippen LogP contribution is 2.25. The number of hydrogen-bond donors (Lipinski definition) is 1. The fourth-order valence-corrected chi connectivity index (χ4v) is 2.75. The maximum absolute atomic E-state index is 12.7. The summed E-state index contributed by atoms with van der Waals surface area (Å²) in [6.07, 6.45) is 1.43. The molecule has 6 heteroatoms. The molecule has 1 aromatic rings. The van der Waals surface area contributed by atoms with Gasteiger partial charge in [0.1, 0.15) is 5.60 Å². The van der Waals surface area contributed by atoms with Crippen LogP contribution in [-0.2, 0) is 16.1 Å². The van der Waals surface area contributed by atoms with E-state index in [0.717, 1.165) is 18.7 Å². The Morgan fingerprint density at radius 2 is 1.90 bits per heavy atom. The van der Waals surface area contributed by atoms with Crippen LogP contribution in [0, 0.1) is 0 Å². The third kappa shape index (κ3) is 4.33. The summed E-state index contributed by atoms with van der Waals surface area (Å²) in [5.74, 6) is 0.0523. The largest absolute Gasteiger partial charge is 0.368 e. The number of piperidine rings is 1. The van der Waals surface area contributed by atoms with Crippen molar-refractivity contribution in [1.82, 2.24) is 10.2 Å². The lowest BCUT2D eigenvalue weighted by Gasteiger charge is -2.37. The fourth-order valence-electron chi connectivity index (χ4n) is 2.62. The molecule has 1 saturated heterocycles. The number of likely N-dealkylation sites (N-methyl/N-ethyl adjacent to an activating group) is 1. The number of ether oxygens (including phenoxy) is 1. The average Bonchev–Trinajstić information content (AvgIpc) is 2.49. The van der Waals surface area contributed by atoms with Crippen LogP contribution in [0.4, 0.5) is 0 Å². The quantitative estimate of drug-likeness (QED) is 0.920. The Morgan fingerprint density at radius 1 is 1.33 bits per heavy atom. The summed E-state index contributed by atoms with van der Waals surface area (Å²) in [6.45, 7) is 2.19. The minimum absolute atomic E-state index is 0. The minimum Gasteiger partial charge on any atom is -0.368 e. The molecule has 0 unspecified atom stereocenters. The van der Waals surface area contributed by atoms with Crippen LogP contribution in [0.3, 0.4) is 0 Å². The molecule has 2 rings (SSSR count). The van der Waals surface area contributed by atoms with Gasteiger partial charge in [0.2, 0.25) is 0 Å². The summed E-state index contributed by atoms with van der Waals surface area (Å²) in [6, 6.07) is 7.56. The number of rotatable bonds is 4. The van der Waals surface area contributed by atoms with Gasteiger partial charge in [0, 0.05) is 25.7 Å². The topological polar surface area (TPSA) is 41.6 Å². The van der Waals surface area contributed by atoms with E-state index >= 15 is 0 Å². The van der Waals surface area contributed by atoms with Gasteiger partial charge in [-0.1, -0.05) is 23.7 Å². The number of hydrogen-bond acceptors (Lipinski definition) is 3. The van der Waals surface area contributed by atoms with E-state index in [9.17, 15) is 4.79 Å². The van der Waals surface area contributed by atoms with Gasteiger partial charge < -0.3 is 15.0 Å². The lowest BCUT2D eigenvalue weighted by atomic mass is 9.90. The SMILES string of the molecule is COC1(C(=O)N(C)Cc2ccc(Cl)cc2)CCNCC1.Cl. The molecule has 0 aromatic heterocycles. The standard InChI is InChI=1S/C15H21ClN2O2.ClH/c1-18(11-12-3-5-13(16)6-4-12)14(19)15(20-2)7-9-17-10-8-15;/h3-6,17H,7-11H2,1-2H3;1H. The summed E-state index contributed by atoms with van der Waals surface area (Å²) in [4.78, 5) is 14.4. The van der Waals surface area contributed by atoms with Gasteiger partial charge in [0.05, 0.1) is 0 Å². The van der Waals surface area contributed by atoms with Crippen LogP contribution in [0.25, 0.3) is 0 Å². The minimum atomic E-state index is -0.674. The van der Waals surface area contributed by atoms with Gasteiger partial charge in [-0.2, -0.15) is 0 Å². The maximum atomic E-state index is 12.7. The van der Waals surface area contributed by atoms with E-state index in [-0.39, 0.29) is 18.3 Å². The molecule has 1 amide bonds. The van der Waals surface area contributed by atoms with Crippen molar-refractivity contribution in [1.29, 1.82) is 0 Å². The average molecular weight is 333 g/mol. The summed E-state index contributed by atoms with van der Waals surface area (Å²) >= 11 is 5.87. The lowest BCUT2D eigenvalue weighted by Crippen LogP contribution is -2.54. The highest BCUT2D eigenvalue weighted by molar-refractivity contribution is 6.30.